The predicted octanol–water partition coefficient (Wildman–Crippen LogP) is 7.64. The van der Waals surface area contributed by atoms with E-state index in [2.05, 4.69) is 134 Å². The Morgan fingerprint density at radius 2 is 0.800 bits per heavy atom. The molecule has 0 unspecified atom stereocenters. The van der Waals surface area contributed by atoms with E-state index in [9.17, 15) is 0 Å². The Hall–Kier alpha value is -1.31. The first kappa shape index (κ1) is 23.4. The average molecular weight is 463 g/mol. The number of benzene rings is 2. The van der Waals surface area contributed by atoms with Gasteiger partial charge in [0.25, 0.3) is 0 Å². The minimum Gasteiger partial charge on any atom is -0.0907 e. The zero-order valence-electron chi connectivity index (χ0n) is 18.4. The van der Waals surface area contributed by atoms with Crippen LogP contribution in [-0.2, 0) is 0 Å². The van der Waals surface area contributed by atoms with E-state index in [1.807, 2.05) is 0 Å². The summed E-state index contributed by atoms with van der Waals surface area (Å²) in [5, 5.41) is 2.90. The highest BCUT2D eigenvalue weighted by Crippen LogP contribution is 2.41. The third-order valence-electron chi connectivity index (χ3n) is 5.15. The number of hydrogen-bond donors (Lipinski definition) is 0. The summed E-state index contributed by atoms with van der Waals surface area (Å²) in [6.07, 6.45) is 0. The van der Waals surface area contributed by atoms with Gasteiger partial charge in [0.1, 0.15) is 17.6 Å². The fourth-order valence-electron chi connectivity index (χ4n) is 3.19. The van der Waals surface area contributed by atoms with Crippen molar-refractivity contribution in [2.45, 2.75) is 38.8 Å². The lowest BCUT2D eigenvalue weighted by molar-refractivity contribution is 1.05. The number of hydrogen-bond acceptors (Lipinski definition) is 0. The Bertz CT molecular complexity index is 782. The molecular weight excluding hydrogens is 430 g/mol. The van der Waals surface area contributed by atoms with E-state index in [0.717, 1.165) is 0 Å². The van der Waals surface area contributed by atoms with Crippen molar-refractivity contribution < 1.29 is 0 Å². The molecule has 0 saturated carbocycles. The smallest absolute Gasteiger partial charge is 0.0907 e. The highest BCUT2D eigenvalue weighted by molar-refractivity contribution is 7.72. The van der Waals surface area contributed by atoms with Crippen LogP contribution in [0.25, 0.3) is 0 Å². The van der Waals surface area contributed by atoms with Gasteiger partial charge in [0.2, 0.25) is 0 Å². The first-order valence-corrected chi connectivity index (χ1v) is 17.1. The maximum absolute atomic E-state index is 2.56. The first-order valence-electron chi connectivity index (χ1n) is 10.7. The van der Waals surface area contributed by atoms with Crippen LogP contribution in [0.1, 0.15) is 27.7 Å². The third-order valence-corrected chi connectivity index (χ3v) is 14.8. The van der Waals surface area contributed by atoms with Crippen LogP contribution in [0.2, 0.25) is 11.1 Å². The molecule has 0 amide bonds. The standard InChI is InChI=1S/C26H32P2Si2/c1-23(2)29-19-15-27(25-11-7-5-8-12-25)17-21-30(24(3)4)22-18-28(16-20-29)26-13-9-6-10-14-26/h5-24H,1-4H3/b19-15-,20-16-,21-17-,22-18-. The van der Waals surface area contributed by atoms with E-state index < -0.39 is 33.4 Å². The summed E-state index contributed by atoms with van der Waals surface area (Å²) in [6.45, 7) is 9.48. The summed E-state index contributed by atoms with van der Waals surface area (Å²) < 4.78 is 0. The zero-order chi connectivity index (χ0) is 21.3. The van der Waals surface area contributed by atoms with Gasteiger partial charge in [-0.2, -0.15) is 0 Å². The first-order chi connectivity index (χ1) is 14.5. The van der Waals surface area contributed by atoms with Crippen LogP contribution in [-0.4, -0.2) is 17.6 Å². The molecule has 4 heteroatoms. The van der Waals surface area contributed by atoms with Crippen molar-refractivity contribution in [2.75, 3.05) is 0 Å². The van der Waals surface area contributed by atoms with Gasteiger partial charge in [0, 0.05) is 0 Å². The van der Waals surface area contributed by atoms with Crippen molar-refractivity contribution >= 4 is 44.0 Å². The molecule has 2 aromatic rings. The summed E-state index contributed by atoms with van der Waals surface area (Å²) in [7, 11) is -2.15. The van der Waals surface area contributed by atoms with Crippen LogP contribution in [0, 0.1) is 0 Å². The summed E-state index contributed by atoms with van der Waals surface area (Å²) in [5.74, 6) is 10.1. The molecule has 0 saturated heterocycles. The maximum Gasteiger partial charge on any atom is 0.106 e. The molecule has 0 fully saturated rings. The van der Waals surface area contributed by atoms with Crippen LogP contribution in [0.5, 0.6) is 0 Å². The molecule has 3 rings (SSSR count). The SMILES string of the molecule is CC(C)[Si]1/C=C\P(c2ccccc2)/C=C\[Si](C(C)C)/C=C\P(c2ccccc2)/C=C\1. The largest absolute Gasteiger partial charge is 0.106 e. The Morgan fingerprint density at radius 1 is 0.500 bits per heavy atom. The van der Waals surface area contributed by atoms with E-state index in [1.54, 1.807) is 0 Å². The van der Waals surface area contributed by atoms with Crippen LogP contribution >= 0.6 is 15.8 Å². The second kappa shape index (κ2) is 11.9. The van der Waals surface area contributed by atoms with Crippen molar-refractivity contribution in [1.29, 1.82) is 0 Å². The van der Waals surface area contributed by atoms with E-state index >= 15 is 0 Å². The van der Waals surface area contributed by atoms with Crippen LogP contribution in [0.3, 0.4) is 0 Å². The molecule has 2 radical (unpaired) electrons. The topological polar surface area (TPSA) is 0 Å². The molecule has 0 atom stereocenters. The Labute approximate surface area is 189 Å². The van der Waals surface area contributed by atoms with Crippen molar-refractivity contribution in [3.63, 3.8) is 0 Å². The normalized spacial score (nSPS) is 25.4. The lowest BCUT2D eigenvalue weighted by Crippen LogP contribution is -2.13. The molecule has 0 aromatic heterocycles. The maximum atomic E-state index is 2.56. The van der Waals surface area contributed by atoms with Gasteiger partial charge in [-0.1, -0.05) is 134 Å². The van der Waals surface area contributed by atoms with Crippen molar-refractivity contribution in [3.05, 3.63) is 107 Å². The van der Waals surface area contributed by atoms with Gasteiger partial charge in [-0.3, -0.25) is 0 Å². The Balaban J connectivity index is 2.01. The van der Waals surface area contributed by atoms with Crippen molar-refractivity contribution in [1.82, 2.24) is 0 Å². The molecule has 154 valence electrons. The molecule has 0 aliphatic carbocycles. The summed E-state index contributed by atoms with van der Waals surface area (Å²) in [5.41, 5.74) is 11.6. The van der Waals surface area contributed by atoms with Gasteiger partial charge in [0.15, 0.2) is 0 Å². The predicted molar refractivity (Wildman–Crippen MR) is 144 cm³/mol. The monoisotopic (exact) mass is 462 g/mol. The molecule has 30 heavy (non-hydrogen) atoms. The highest BCUT2D eigenvalue weighted by atomic mass is 31.1. The molecule has 1 aliphatic rings. The molecular formula is C26H32P2Si2. The van der Waals surface area contributed by atoms with Gasteiger partial charge in [-0.05, 0) is 37.5 Å². The van der Waals surface area contributed by atoms with Gasteiger partial charge in [-0.25, -0.2) is 0 Å². The molecule has 0 N–H and O–H groups in total. The summed E-state index contributed by atoms with van der Waals surface area (Å²) >= 11 is 0. The lowest BCUT2D eigenvalue weighted by Gasteiger charge is -2.18. The minimum absolute atomic E-state index is 0.390. The molecule has 0 bridgehead atoms. The molecule has 2 aromatic carbocycles. The zero-order valence-corrected chi connectivity index (χ0v) is 22.2. The van der Waals surface area contributed by atoms with E-state index in [4.69, 9.17) is 0 Å². The molecule has 0 spiro atoms. The van der Waals surface area contributed by atoms with Crippen molar-refractivity contribution in [2.24, 2.45) is 0 Å². The van der Waals surface area contributed by atoms with Gasteiger partial charge in [0.05, 0.1) is 0 Å². The van der Waals surface area contributed by atoms with E-state index in [-0.39, 0.29) is 0 Å². The fourth-order valence-corrected chi connectivity index (χ4v) is 12.2. The molecule has 0 nitrogen and oxygen atoms in total. The van der Waals surface area contributed by atoms with Crippen LogP contribution in [0.15, 0.2) is 107 Å². The molecule has 1 heterocycles. The third kappa shape index (κ3) is 6.86. The van der Waals surface area contributed by atoms with Crippen LogP contribution < -0.4 is 10.6 Å². The average Bonchev–Trinajstić information content (AvgIpc) is 2.75. The second-order valence-electron chi connectivity index (χ2n) is 8.06. The summed E-state index contributed by atoms with van der Waals surface area (Å²) in [4.78, 5) is 0. The van der Waals surface area contributed by atoms with Gasteiger partial charge in [-0.15, -0.1) is 0 Å². The highest BCUT2D eigenvalue weighted by Gasteiger charge is 2.15. The fraction of sp³-hybridized carbons (Fsp3) is 0.231. The van der Waals surface area contributed by atoms with Crippen LogP contribution in [0.4, 0.5) is 0 Å². The summed E-state index contributed by atoms with van der Waals surface area (Å²) in [6, 6.07) is 22.1. The quantitative estimate of drug-likeness (QED) is 0.324. The second-order valence-corrected chi connectivity index (χ2v) is 17.6. The van der Waals surface area contributed by atoms with E-state index in [0.29, 0.717) is 11.1 Å². The lowest BCUT2D eigenvalue weighted by atomic mass is 10.4. The molecule has 1 aliphatic heterocycles. The Kier molecular flexibility index (Phi) is 9.28. The van der Waals surface area contributed by atoms with Gasteiger partial charge < -0.3 is 0 Å². The van der Waals surface area contributed by atoms with Crippen molar-refractivity contribution in [3.8, 4) is 0 Å². The van der Waals surface area contributed by atoms with E-state index in [1.165, 1.54) is 10.6 Å². The number of rotatable bonds is 4. The van der Waals surface area contributed by atoms with Gasteiger partial charge >= 0.3 is 0 Å². The Morgan fingerprint density at radius 3 is 1.07 bits per heavy atom. The minimum atomic E-state index is -0.687.